The van der Waals surface area contributed by atoms with Crippen LogP contribution < -0.4 is 10.5 Å². The molecule has 0 bridgehead atoms. The number of aromatic nitrogens is 1. The molecule has 2 rings (SSSR count). The molecule has 132 valence electrons. The number of carboxylic acids is 1. The van der Waals surface area contributed by atoms with Crippen molar-refractivity contribution >= 4 is 17.9 Å². The number of halogens is 1. The summed E-state index contributed by atoms with van der Waals surface area (Å²) in [4.78, 5) is 15.9. The van der Waals surface area contributed by atoms with Crippen molar-refractivity contribution in [3.05, 3.63) is 30.2 Å². The highest BCUT2D eigenvalue weighted by Gasteiger charge is 2.21. The van der Waals surface area contributed by atoms with E-state index in [1.165, 1.54) is 0 Å². The van der Waals surface area contributed by atoms with Crippen molar-refractivity contribution < 1.29 is 19.0 Å². The van der Waals surface area contributed by atoms with Crippen LogP contribution in [0.4, 0.5) is 4.39 Å². The van der Waals surface area contributed by atoms with E-state index in [9.17, 15) is 9.18 Å². The second-order valence-electron chi connectivity index (χ2n) is 5.65. The molecular formula is C16H22FN3O3S. The molecule has 24 heavy (non-hydrogen) atoms. The second kappa shape index (κ2) is 9.61. The molecule has 1 aromatic rings. The molecule has 0 radical (unpaired) electrons. The minimum absolute atomic E-state index is 0.0869. The Balaban J connectivity index is 1.77. The lowest BCUT2D eigenvalue weighted by Gasteiger charge is -2.30. The lowest BCUT2D eigenvalue weighted by molar-refractivity contribution is -0.138. The molecule has 6 nitrogen and oxygen atoms in total. The molecule has 2 heterocycles. The van der Waals surface area contributed by atoms with E-state index in [2.05, 4.69) is 9.29 Å². The predicted molar refractivity (Wildman–Crippen MR) is 90.4 cm³/mol. The maximum absolute atomic E-state index is 12.4. The van der Waals surface area contributed by atoms with Gasteiger partial charge < -0.3 is 15.6 Å². The number of hydrogen-bond donors (Lipinski definition) is 2. The van der Waals surface area contributed by atoms with Crippen LogP contribution in [0.1, 0.15) is 19.3 Å². The molecule has 0 atom stereocenters. The summed E-state index contributed by atoms with van der Waals surface area (Å²) < 4.78 is 20.0. The van der Waals surface area contributed by atoms with E-state index in [-0.39, 0.29) is 25.5 Å². The molecule has 0 aromatic carbocycles. The van der Waals surface area contributed by atoms with E-state index in [4.69, 9.17) is 15.6 Å². The number of aliphatic carboxylic acids is 1. The number of piperidine rings is 1. The zero-order chi connectivity index (χ0) is 17.4. The minimum atomic E-state index is -0.721. The second-order valence-corrected chi connectivity index (χ2v) is 6.82. The van der Waals surface area contributed by atoms with Crippen LogP contribution in [-0.4, -0.2) is 46.6 Å². The standard InChI is InChI=1S/C16H22FN3O3S/c17-8-13(9-18)11-23-15-2-1-14(10-19-15)24-20-5-3-12(4-6-20)7-16(21)22/h1-2,8,10,12H,3-7,9,11,18H2,(H,21,22)/b13-8-. The first-order chi connectivity index (χ1) is 11.6. The molecule has 1 fully saturated rings. The van der Waals surface area contributed by atoms with Crippen LogP contribution in [0.15, 0.2) is 35.1 Å². The first-order valence-corrected chi connectivity index (χ1v) is 8.59. The highest BCUT2D eigenvalue weighted by molar-refractivity contribution is 7.97. The van der Waals surface area contributed by atoms with Gasteiger partial charge in [0.15, 0.2) is 0 Å². The fraction of sp³-hybridized carbons (Fsp3) is 0.500. The molecule has 1 aromatic heterocycles. The van der Waals surface area contributed by atoms with Gasteiger partial charge in [-0.15, -0.1) is 0 Å². The Morgan fingerprint density at radius 1 is 1.50 bits per heavy atom. The van der Waals surface area contributed by atoms with Crippen LogP contribution in [-0.2, 0) is 4.79 Å². The van der Waals surface area contributed by atoms with Crippen LogP contribution in [0.2, 0.25) is 0 Å². The first kappa shape index (κ1) is 18.7. The van der Waals surface area contributed by atoms with Crippen molar-refractivity contribution in [2.24, 2.45) is 11.7 Å². The Bertz CT molecular complexity index is 560. The van der Waals surface area contributed by atoms with Crippen LogP contribution in [0, 0.1) is 5.92 Å². The fourth-order valence-electron chi connectivity index (χ4n) is 2.41. The van der Waals surface area contributed by atoms with Crippen molar-refractivity contribution in [3.8, 4) is 5.88 Å². The number of nitrogens with two attached hydrogens (primary N) is 1. The van der Waals surface area contributed by atoms with Gasteiger partial charge in [0.25, 0.3) is 0 Å². The third-order valence-electron chi connectivity index (χ3n) is 3.80. The van der Waals surface area contributed by atoms with Crippen molar-refractivity contribution in [1.29, 1.82) is 0 Å². The zero-order valence-electron chi connectivity index (χ0n) is 13.4. The molecule has 1 aliphatic heterocycles. The minimum Gasteiger partial charge on any atom is -0.481 e. The topological polar surface area (TPSA) is 88.7 Å². The third kappa shape index (κ3) is 6.10. The molecule has 1 saturated heterocycles. The lowest BCUT2D eigenvalue weighted by atomic mass is 9.95. The fourth-order valence-corrected chi connectivity index (χ4v) is 3.33. The number of pyridine rings is 1. The van der Waals surface area contributed by atoms with Crippen LogP contribution in [0.5, 0.6) is 5.88 Å². The lowest BCUT2D eigenvalue weighted by Crippen LogP contribution is -2.29. The van der Waals surface area contributed by atoms with Crippen molar-refractivity contribution in [2.45, 2.75) is 24.2 Å². The van der Waals surface area contributed by atoms with Crippen LogP contribution >= 0.6 is 11.9 Å². The SMILES string of the molecule is NC/C(=C/F)COc1ccc(SN2CCC(CC(=O)O)CC2)cn1. The first-order valence-electron chi connectivity index (χ1n) is 7.82. The van der Waals surface area contributed by atoms with Gasteiger partial charge in [0.1, 0.15) is 6.61 Å². The smallest absolute Gasteiger partial charge is 0.303 e. The number of nitrogens with zero attached hydrogens (tertiary/aromatic N) is 2. The molecule has 0 amide bonds. The Labute approximate surface area is 145 Å². The number of hydrogen-bond acceptors (Lipinski definition) is 6. The summed E-state index contributed by atoms with van der Waals surface area (Å²) in [5, 5.41) is 8.83. The van der Waals surface area contributed by atoms with Crippen LogP contribution in [0.25, 0.3) is 0 Å². The largest absolute Gasteiger partial charge is 0.481 e. The molecular weight excluding hydrogens is 333 g/mol. The molecule has 8 heteroatoms. The number of ether oxygens (including phenoxy) is 1. The van der Waals surface area contributed by atoms with E-state index in [0.29, 0.717) is 17.8 Å². The monoisotopic (exact) mass is 355 g/mol. The van der Waals surface area contributed by atoms with Gasteiger partial charge in [-0.2, -0.15) is 0 Å². The summed E-state index contributed by atoms with van der Waals surface area (Å²) in [6.07, 6.45) is 4.21. The maximum Gasteiger partial charge on any atom is 0.303 e. The third-order valence-corrected chi connectivity index (χ3v) is 4.88. The van der Waals surface area contributed by atoms with Gasteiger partial charge in [0, 0.05) is 48.8 Å². The summed E-state index contributed by atoms with van der Waals surface area (Å²) in [6, 6.07) is 3.64. The molecule has 3 N–H and O–H groups in total. The van der Waals surface area contributed by atoms with Crippen molar-refractivity contribution in [3.63, 3.8) is 0 Å². The number of carboxylic acid groups (broad SMARTS) is 1. The van der Waals surface area contributed by atoms with Crippen molar-refractivity contribution in [1.82, 2.24) is 9.29 Å². The van der Waals surface area contributed by atoms with Gasteiger partial charge in [-0.3, -0.25) is 4.79 Å². The molecule has 0 saturated carbocycles. The quantitative estimate of drug-likeness (QED) is 0.693. The van der Waals surface area contributed by atoms with Crippen LogP contribution in [0.3, 0.4) is 0 Å². The highest BCUT2D eigenvalue weighted by Crippen LogP contribution is 2.29. The van der Waals surface area contributed by atoms with Crippen molar-refractivity contribution in [2.75, 3.05) is 26.2 Å². The molecule has 0 spiro atoms. The van der Waals surface area contributed by atoms with E-state index < -0.39 is 5.97 Å². The summed E-state index contributed by atoms with van der Waals surface area (Å²) in [5.74, 6) is -0.0258. The zero-order valence-corrected chi connectivity index (χ0v) is 14.2. The van der Waals surface area contributed by atoms with Gasteiger partial charge in [-0.25, -0.2) is 13.7 Å². The van der Waals surface area contributed by atoms with Gasteiger partial charge >= 0.3 is 5.97 Å². The predicted octanol–water partition coefficient (Wildman–Crippen LogP) is 2.47. The summed E-state index contributed by atoms with van der Waals surface area (Å²) in [6.45, 7) is 1.93. The molecule has 0 aliphatic carbocycles. The van der Waals surface area contributed by atoms with Gasteiger partial charge in [0.05, 0.1) is 6.33 Å². The number of carbonyl (C=O) groups is 1. The Morgan fingerprint density at radius 2 is 2.25 bits per heavy atom. The van der Waals surface area contributed by atoms with E-state index in [0.717, 1.165) is 30.8 Å². The normalized spacial score (nSPS) is 17.0. The molecule has 1 aliphatic rings. The summed E-state index contributed by atoms with van der Waals surface area (Å²) in [5.41, 5.74) is 5.74. The maximum atomic E-state index is 12.4. The summed E-state index contributed by atoms with van der Waals surface area (Å²) in [7, 11) is 0. The molecule has 0 unspecified atom stereocenters. The van der Waals surface area contributed by atoms with Gasteiger partial charge in [-0.1, -0.05) is 0 Å². The average Bonchev–Trinajstić information content (AvgIpc) is 2.58. The Kier molecular flexibility index (Phi) is 7.48. The van der Waals surface area contributed by atoms with E-state index in [1.54, 1.807) is 24.2 Å². The van der Waals surface area contributed by atoms with Gasteiger partial charge in [-0.05, 0) is 36.8 Å². The van der Waals surface area contributed by atoms with E-state index in [1.807, 2.05) is 6.07 Å². The average molecular weight is 355 g/mol. The Hall–Kier alpha value is -1.64. The highest BCUT2D eigenvalue weighted by atomic mass is 32.2. The number of rotatable bonds is 8. The Morgan fingerprint density at radius 3 is 2.79 bits per heavy atom. The van der Waals surface area contributed by atoms with Gasteiger partial charge in [0.2, 0.25) is 5.88 Å². The van der Waals surface area contributed by atoms with E-state index >= 15 is 0 Å². The summed E-state index contributed by atoms with van der Waals surface area (Å²) >= 11 is 1.60.